The molecular weight excluding hydrogens is 392 g/mol. The Morgan fingerprint density at radius 1 is 1.23 bits per heavy atom. The summed E-state index contributed by atoms with van der Waals surface area (Å²) in [7, 11) is 0. The van der Waals surface area contributed by atoms with Gasteiger partial charge in [-0.3, -0.25) is 4.79 Å². The number of hydrogen-bond donors (Lipinski definition) is 1. The molecule has 1 N–H and O–H groups in total. The summed E-state index contributed by atoms with van der Waals surface area (Å²) in [6.45, 7) is 1.34. The van der Waals surface area contributed by atoms with E-state index in [-0.39, 0.29) is 15.6 Å². The van der Waals surface area contributed by atoms with Crippen LogP contribution in [0.2, 0.25) is 0 Å². The Morgan fingerprint density at radius 2 is 2.00 bits per heavy atom. The van der Waals surface area contributed by atoms with E-state index in [4.69, 9.17) is 4.74 Å². The van der Waals surface area contributed by atoms with Crippen LogP contribution >= 0.6 is 15.9 Å². The molecule has 1 amide bonds. The van der Waals surface area contributed by atoms with Crippen molar-refractivity contribution in [3.8, 4) is 5.88 Å². The van der Waals surface area contributed by atoms with Crippen LogP contribution in [0.4, 0.5) is 0 Å². The zero-order chi connectivity index (χ0) is 17.8. The Kier molecular flexibility index (Phi) is 4.07. The van der Waals surface area contributed by atoms with Crippen LogP contribution in [0.5, 0.6) is 5.88 Å². The molecule has 4 nitrogen and oxygen atoms in total. The lowest BCUT2D eigenvalue weighted by molar-refractivity contribution is -0.144. The number of amides is 1. The molecule has 6 rings (SSSR count). The number of rotatable bonds is 6. The van der Waals surface area contributed by atoms with Crippen LogP contribution in [-0.4, -0.2) is 21.8 Å². The standard InChI is InChI=1S/C21H27BrN2O2/c22-21-8-16-5-17(9-21)7-20(6-16,13-21)19(25)24-11-15-3-4-18(23-10-15)26-12-14-1-2-14/h3-4,10,14,16-17H,1-2,5-9,11-13H2,(H,24,25). The lowest BCUT2D eigenvalue weighted by Crippen LogP contribution is -2.58. The zero-order valence-electron chi connectivity index (χ0n) is 15.2. The smallest absolute Gasteiger partial charge is 0.226 e. The summed E-state index contributed by atoms with van der Waals surface area (Å²) in [5.74, 6) is 3.13. The van der Waals surface area contributed by atoms with Crippen LogP contribution in [0.3, 0.4) is 0 Å². The van der Waals surface area contributed by atoms with Crippen LogP contribution < -0.4 is 10.1 Å². The van der Waals surface area contributed by atoms with Gasteiger partial charge in [0.1, 0.15) is 0 Å². The molecule has 140 valence electrons. The third-order valence-electron chi connectivity index (χ3n) is 6.89. The Hall–Kier alpha value is -1.10. The van der Waals surface area contributed by atoms with Gasteiger partial charge in [0.2, 0.25) is 11.8 Å². The average Bonchev–Trinajstić information content (AvgIpc) is 3.41. The molecule has 0 spiro atoms. The highest BCUT2D eigenvalue weighted by atomic mass is 79.9. The molecule has 0 radical (unpaired) electrons. The van der Waals surface area contributed by atoms with Gasteiger partial charge < -0.3 is 10.1 Å². The number of ether oxygens (including phenoxy) is 1. The van der Waals surface area contributed by atoms with Gasteiger partial charge in [-0.1, -0.05) is 22.0 Å². The van der Waals surface area contributed by atoms with E-state index < -0.39 is 0 Å². The number of hydrogen-bond acceptors (Lipinski definition) is 3. The monoisotopic (exact) mass is 418 g/mol. The van der Waals surface area contributed by atoms with E-state index in [2.05, 4.69) is 26.2 Å². The van der Waals surface area contributed by atoms with Crippen molar-refractivity contribution in [2.75, 3.05) is 6.61 Å². The second kappa shape index (κ2) is 6.22. The third kappa shape index (κ3) is 3.28. The maximum Gasteiger partial charge on any atom is 0.226 e. The Bertz CT molecular complexity index is 686. The molecule has 1 aromatic rings. The summed E-state index contributed by atoms with van der Waals surface area (Å²) in [4.78, 5) is 17.5. The highest BCUT2D eigenvalue weighted by Gasteiger charge is 2.59. The van der Waals surface area contributed by atoms with Gasteiger partial charge in [0.05, 0.1) is 12.0 Å². The average molecular weight is 419 g/mol. The molecular formula is C21H27BrN2O2. The number of halogens is 1. The summed E-state index contributed by atoms with van der Waals surface area (Å²) >= 11 is 3.99. The molecule has 5 aliphatic rings. The first-order valence-electron chi connectivity index (χ1n) is 10.1. The molecule has 0 saturated heterocycles. The van der Waals surface area contributed by atoms with E-state index in [1.165, 1.54) is 32.1 Å². The maximum absolute atomic E-state index is 13.1. The summed E-state index contributed by atoms with van der Waals surface area (Å²) < 4.78 is 5.90. The fourth-order valence-electron chi connectivity index (χ4n) is 5.87. The van der Waals surface area contributed by atoms with E-state index in [1.807, 2.05) is 18.3 Å². The van der Waals surface area contributed by atoms with E-state index in [0.29, 0.717) is 12.4 Å². The van der Waals surface area contributed by atoms with Crippen molar-refractivity contribution in [3.63, 3.8) is 0 Å². The van der Waals surface area contributed by atoms with Gasteiger partial charge in [0.25, 0.3) is 0 Å². The Morgan fingerprint density at radius 3 is 2.62 bits per heavy atom. The first-order valence-corrected chi connectivity index (χ1v) is 10.9. The van der Waals surface area contributed by atoms with E-state index in [9.17, 15) is 4.79 Å². The summed E-state index contributed by atoms with van der Waals surface area (Å²) in [5, 5.41) is 3.21. The molecule has 4 bridgehead atoms. The summed E-state index contributed by atoms with van der Waals surface area (Å²) in [6, 6.07) is 3.93. The first kappa shape index (κ1) is 17.0. The minimum atomic E-state index is -0.145. The van der Waals surface area contributed by atoms with Crippen LogP contribution in [0.1, 0.15) is 56.9 Å². The van der Waals surface area contributed by atoms with Gasteiger partial charge in [-0.15, -0.1) is 0 Å². The van der Waals surface area contributed by atoms with Crippen LogP contribution in [0, 0.1) is 23.2 Å². The predicted octanol–water partition coefficient (Wildman–Crippen LogP) is 4.22. The highest BCUT2D eigenvalue weighted by molar-refractivity contribution is 9.10. The lowest BCUT2D eigenvalue weighted by atomic mass is 9.49. The quantitative estimate of drug-likeness (QED) is 0.703. The second-order valence-corrected chi connectivity index (χ2v) is 11.0. The molecule has 5 fully saturated rings. The normalized spacial score (nSPS) is 37.6. The molecule has 1 heterocycles. The van der Waals surface area contributed by atoms with Gasteiger partial charge in [-0.2, -0.15) is 0 Å². The predicted molar refractivity (Wildman–Crippen MR) is 103 cm³/mol. The van der Waals surface area contributed by atoms with Crippen molar-refractivity contribution >= 4 is 21.8 Å². The highest BCUT2D eigenvalue weighted by Crippen LogP contribution is 2.64. The van der Waals surface area contributed by atoms with Crippen molar-refractivity contribution in [2.24, 2.45) is 23.2 Å². The van der Waals surface area contributed by atoms with Gasteiger partial charge in [-0.05, 0) is 74.7 Å². The number of carbonyl (C=O) groups is 1. The van der Waals surface area contributed by atoms with Crippen molar-refractivity contribution in [1.82, 2.24) is 10.3 Å². The molecule has 5 saturated carbocycles. The molecule has 1 aromatic heterocycles. The van der Waals surface area contributed by atoms with E-state index in [0.717, 1.165) is 49.2 Å². The third-order valence-corrected chi connectivity index (χ3v) is 7.81. The van der Waals surface area contributed by atoms with Crippen LogP contribution in [0.25, 0.3) is 0 Å². The number of nitrogens with zero attached hydrogens (tertiary/aromatic N) is 1. The lowest BCUT2D eigenvalue weighted by Gasteiger charge is -2.59. The van der Waals surface area contributed by atoms with E-state index >= 15 is 0 Å². The minimum absolute atomic E-state index is 0.145. The summed E-state index contributed by atoms with van der Waals surface area (Å²) in [6.07, 6.45) is 11.4. The van der Waals surface area contributed by atoms with Gasteiger partial charge in [0.15, 0.2) is 0 Å². The van der Waals surface area contributed by atoms with Crippen LogP contribution in [0.15, 0.2) is 18.3 Å². The number of alkyl halides is 1. The number of aromatic nitrogens is 1. The first-order chi connectivity index (χ1) is 12.5. The topological polar surface area (TPSA) is 51.2 Å². The van der Waals surface area contributed by atoms with Gasteiger partial charge in [-0.25, -0.2) is 4.98 Å². The molecule has 2 unspecified atom stereocenters. The number of pyridine rings is 1. The minimum Gasteiger partial charge on any atom is -0.477 e. The largest absolute Gasteiger partial charge is 0.477 e. The molecule has 5 heteroatoms. The fraction of sp³-hybridized carbons (Fsp3) is 0.714. The molecule has 0 aliphatic heterocycles. The zero-order valence-corrected chi connectivity index (χ0v) is 16.8. The van der Waals surface area contributed by atoms with Crippen LogP contribution in [-0.2, 0) is 11.3 Å². The van der Waals surface area contributed by atoms with Crippen molar-refractivity contribution in [2.45, 2.75) is 62.2 Å². The maximum atomic E-state index is 13.1. The van der Waals surface area contributed by atoms with Gasteiger partial charge >= 0.3 is 0 Å². The van der Waals surface area contributed by atoms with Crippen molar-refractivity contribution < 1.29 is 9.53 Å². The fourth-order valence-corrected chi connectivity index (χ4v) is 7.33. The molecule has 2 atom stereocenters. The molecule has 26 heavy (non-hydrogen) atoms. The Balaban J connectivity index is 1.19. The molecule has 5 aliphatic carbocycles. The van der Waals surface area contributed by atoms with Crippen molar-refractivity contribution in [1.29, 1.82) is 0 Å². The second-order valence-electron chi connectivity index (χ2n) is 9.33. The van der Waals surface area contributed by atoms with Crippen molar-refractivity contribution in [3.05, 3.63) is 23.9 Å². The number of nitrogens with one attached hydrogen (secondary N) is 1. The Labute approximate surface area is 163 Å². The van der Waals surface area contributed by atoms with E-state index in [1.54, 1.807) is 0 Å². The summed E-state index contributed by atoms with van der Waals surface area (Å²) in [5.41, 5.74) is 0.893. The number of carbonyl (C=O) groups excluding carboxylic acids is 1. The van der Waals surface area contributed by atoms with Gasteiger partial charge in [0, 0.05) is 23.1 Å². The molecule has 0 aromatic carbocycles. The SMILES string of the molecule is O=C(NCc1ccc(OCC2CC2)nc1)C12CC3CC(CC(Br)(C3)C1)C2.